The molecule has 3 atom stereocenters. The Bertz CT molecular complexity index is 992. The first-order valence-electron chi connectivity index (χ1n) is 17.1. The quantitative estimate of drug-likeness (QED) is 0.0756. The molecule has 1 amide bonds. The Morgan fingerprint density at radius 2 is 1.48 bits per heavy atom. The van der Waals surface area contributed by atoms with Crippen LogP contribution in [0.15, 0.2) is 46.6 Å². The van der Waals surface area contributed by atoms with Crippen LogP contribution in [0.25, 0.3) is 0 Å². The van der Waals surface area contributed by atoms with Gasteiger partial charge in [0.05, 0.1) is 0 Å². The van der Waals surface area contributed by atoms with E-state index >= 15 is 0 Å². The fraction of sp³-hybridized carbons (Fsp3) is 0.676. The Balaban J connectivity index is 2.72. The molecule has 3 N–H and O–H groups in total. The van der Waals surface area contributed by atoms with Crippen molar-refractivity contribution in [3.63, 3.8) is 0 Å². The fourth-order valence-electron chi connectivity index (χ4n) is 5.54. The molecule has 6 nitrogen and oxygen atoms in total. The summed E-state index contributed by atoms with van der Waals surface area (Å²) in [6.45, 7) is 19.4. The van der Waals surface area contributed by atoms with Crippen LogP contribution in [0.1, 0.15) is 106 Å². The Kier molecular flexibility index (Phi) is 19.3. The van der Waals surface area contributed by atoms with Crippen molar-refractivity contribution in [2.45, 2.75) is 138 Å². The van der Waals surface area contributed by atoms with E-state index in [-0.39, 0.29) is 29.4 Å². The molecule has 1 rings (SSSR count). The molecule has 7 heteroatoms. The SMILES string of the molecule is CCC[CH2][Sn](/[CH]=C/CNC(=O)/C=C/[C@@H](C)[C@H](OC(=O)[C@H](N)Cc1ccc(OC(C)(C)C)cc1)C(C)C)([CH2]CCC)[CH2]CCC. The molecule has 0 aromatic heterocycles. The number of benzene rings is 1. The molecule has 1 aromatic carbocycles. The molecule has 44 heavy (non-hydrogen) atoms. The van der Waals surface area contributed by atoms with Gasteiger partial charge in [0.15, 0.2) is 0 Å². The van der Waals surface area contributed by atoms with Gasteiger partial charge in [-0.3, -0.25) is 0 Å². The molecule has 0 radical (unpaired) electrons. The average molecular weight is 720 g/mol. The standard InChI is InChI=1S/C25H37N2O4.3C4H9.Sn/c1-8-15-27-22(28)14-9-18(4)23(17(2)3)30-24(29)21(26)16-19-10-12-20(13-11-19)31-25(5,6)7;3*1-3-4-2;/h1,8-14,17-18,21,23H,15-16,26H2,2-7H3,(H,27,28);3*1,3-4H2,2H3;/b8-1?,14-9+;;;;/t18-,21-,23-;;;;/m1..../s1. The summed E-state index contributed by atoms with van der Waals surface area (Å²) in [7, 11) is 0. The van der Waals surface area contributed by atoms with Crippen molar-refractivity contribution >= 4 is 30.3 Å². The first-order valence-corrected chi connectivity index (χ1v) is 24.8. The van der Waals surface area contributed by atoms with Crippen molar-refractivity contribution in [2.24, 2.45) is 17.6 Å². The van der Waals surface area contributed by atoms with Crippen molar-refractivity contribution in [3.8, 4) is 5.75 Å². The van der Waals surface area contributed by atoms with Gasteiger partial charge < -0.3 is 10.5 Å². The van der Waals surface area contributed by atoms with E-state index in [0.29, 0.717) is 13.0 Å². The Labute approximate surface area is 273 Å². The number of amides is 1. The first-order chi connectivity index (χ1) is 20.8. The third-order valence-electron chi connectivity index (χ3n) is 8.03. The third-order valence-corrected chi connectivity index (χ3v) is 22.3. The van der Waals surface area contributed by atoms with Gasteiger partial charge in [-0.15, -0.1) is 0 Å². The number of rotatable bonds is 21. The minimum atomic E-state index is -2.34. The molecule has 0 aliphatic carbocycles. The topological polar surface area (TPSA) is 90.7 Å². The number of carbonyl (C=O) groups excluding carboxylic acids is 2. The molecular formula is C37H64N2O4Sn. The van der Waals surface area contributed by atoms with E-state index < -0.39 is 30.4 Å². The molecule has 0 heterocycles. The van der Waals surface area contributed by atoms with Crippen molar-refractivity contribution < 1.29 is 19.1 Å². The van der Waals surface area contributed by atoms with Gasteiger partial charge in [0, 0.05) is 0 Å². The van der Waals surface area contributed by atoms with E-state index in [1.807, 2.05) is 71.9 Å². The summed E-state index contributed by atoms with van der Waals surface area (Å²) in [5.41, 5.74) is 6.91. The normalized spacial score (nSPS) is 14.6. The average Bonchev–Trinajstić information content (AvgIpc) is 2.97. The van der Waals surface area contributed by atoms with Gasteiger partial charge >= 0.3 is 196 Å². The molecule has 0 fully saturated rings. The zero-order chi connectivity index (χ0) is 33.2. The number of hydrogen-bond acceptors (Lipinski definition) is 5. The van der Waals surface area contributed by atoms with Gasteiger partial charge in [-0.1, -0.05) is 12.1 Å². The van der Waals surface area contributed by atoms with E-state index in [4.69, 9.17) is 15.2 Å². The summed E-state index contributed by atoms with van der Waals surface area (Å²) in [6, 6.07) is 6.87. The van der Waals surface area contributed by atoms with Crippen LogP contribution in [0.4, 0.5) is 0 Å². The number of ether oxygens (including phenoxy) is 2. The molecule has 0 bridgehead atoms. The number of carbonyl (C=O) groups is 2. The summed E-state index contributed by atoms with van der Waals surface area (Å²) >= 11 is -2.34. The number of nitrogens with two attached hydrogens (primary N) is 1. The van der Waals surface area contributed by atoms with Gasteiger partial charge in [-0.2, -0.15) is 0 Å². The zero-order valence-corrected chi connectivity index (χ0v) is 32.3. The molecule has 0 aliphatic rings. The van der Waals surface area contributed by atoms with E-state index in [1.165, 1.54) is 51.8 Å². The van der Waals surface area contributed by atoms with Crippen LogP contribution in [0.3, 0.4) is 0 Å². The number of unbranched alkanes of at least 4 members (excludes halogenated alkanes) is 3. The minimum absolute atomic E-state index is 0.0700. The fourth-order valence-corrected chi connectivity index (χ4v) is 19.9. The van der Waals surface area contributed by atoms with Crippen LogP contribution >= 0.6 is 0 Å². The van der Waals surface area contributed by atoms with Gasteiger partial charge in [0.1, 0.15) is 11.4 Å². The molecule has 250 valence electrons. The predicted molar refractivity (Wildman–Crippen MR) is 189 cm³/mol. The van der Waals surface area contributed by atoms with Crippen LogP contribution in [0.2, 0.25) is 13.3 Å². The van der Waals surface area contributed by atoms with Crippen molar-refractivity contribution in [2.75, 3.05) is 6.54 Å². The van der Waals surface area contributed by atoms with Crippen molar-refractivity contribution in [3.05, 3.63) is 52.1 Å². The second kappa shape index (κ2) is 21.1. The van der Waals surface area contributed by atoms with E-state index in [0.717, 1.165) is 11.3 Å². The van der Waals surface area contributed by atoms with E-state index in [9.17, 15) is 9.59 Å². The Morgan fingerprint density at radius 3 is 1.95 bits per heavy atom. The molecule has 1 aromatic rings. The molecule has 0 aliphatic heterocycles. The number of hydrogen-bond donors (Lipinski definition) is 2. The van der Waals surface area contributed by atoms with Gasteiger partial charge in [0.25, 0.3) is 0 Å². The van der Waals surface area contributed by atoms with E-state index in [1.54, 1.807) is 6.08 Å². The monoisotopic (exact) mass is 720 g/mol. The first kappa shape index (κ1) is 40.2. The predicted octanol–water partition coefficient (Wildman–Crippen LogP) is 8.55. The van der Waals surface area contributed by atoms with Gasteiger partial charge in [-0.05, 0) is 44.9 Å². The molecule has 0 unspecified atom stereocenters. The van der Waals surface area contributed by atoms with Gasteiger partial charge in [-0.25, -0.2) is 0 Å². The summed E-state index contributed by atoms with van der Waals surface area (Å²) in [6.07, 6.45) is 13.4. The second-order valence-electron chi connectivity index (χ2n) is 13.9. The van der Waals surface area contributed by atoms with E-state index in [2.05, 4.69) is 36.3 Å². The second-order valence-corrected chi connectivity index (χ2v) is 26.9. The molecule has 0 saturated carbocycles. The van der Waals surface area contributed by atoms with Crippen LogP contribution in [-0.4, -0.2) is 54.5 Å². The van der Waals surface area contributed by atoms with Crippen LogP contribution in [0.5, 0.6) is 5.75 Å². The number of nitrogens with one attached hydrogen (secondary N) is 1. The summed E-state index contributed by atoms with van der Waals surface area (Å²) in [4.78, 5) is 25.6. The molecule has 0 saturated heterocycles. The molecule has 0 spiro atoms. The summed E-state index contributed by atoms with van der Waals surface area (Å²) in [5.74, 6) is 0.155. The summed E-state index contributed by atoms with van der Waals surface area (Å²) < 4.78 is 18.6. The maximum atomic E-state index is 12.9. The van der Waals surface area contributed by atoms with Crippen molar-refractivity contribution in [1.82, 2.24) is 5.32 Å². The number of esters is 1. The Hall–Kier alpha value is -1.80. The Morgan fingerprint density at radius 1 is 0.932 bits per heavy atom. The van der Waals surface area contributed by atoms with Gasteiger partial charge in [0.2, 0.25) is 0 Å². The van der Waals surface area contributed by atoms with Crippen molar-refractivity contribution in [1.29, 1.82) is 0 Å². The van der Waals surface area contributed by atoms with Crippen LogP contribution < -0.4 is 15.8 Å². The third kappa shape index (κ3) is 16.5. The van der Waals surface area contributed by atoms with Crippen LogP contribution in [-0.2, 0) is 20.7 Å². The maximum absolute atomic E-state index is 12.9. The summed E-state index contributed by atoms with van der Waals surface area (Å²) in [5, 5.41) is 3.03. The zero-order valence-electron chi connectivity index (χ0n) is 29.4. The molecular weight excluding hydrogens is 655 g/mol. The van der Waals surface area contributed by atoms with Crippen LogP contribution in [0, 0.1) is 11.8 Å².